The zero-order valence-corrected chi connectivity index (χ0v) is 16.2. The molecule has 0 spiro atoms. The average molecular weight is 395 g/mol. The minimum atomic E-state index is -0.264. The Balaban J connectivity index is 1.57. The Morgan fingerprint density at radius 1 is 1.14 bits per heavy atom. The van der Waals surface area contributed by atoms with E-state index in [2.05, 4.69) is 35.5 Å². The molecule has 2 aromatic heterocycles. The molecule has 0 aliphatic carbocycles. The summed E-state index contributed by atoms with van der Waals surface area (Å²) in [6.07, 6.45) is 5.05. The van der Waals surface area contributed by atoms with Crippen LogP contribution in [0.3, 0.4) is 0 Å². The van der Waals surface area contributed by atoms with Crippen LogP contribution in [-0.2, 0) is 4.74 Å². The van der Waals surface area contributed by atoms with Crippen molar-refractivity contribution in [2.75, 3.05) is 35.7 Å². The van der Waals surface area contributed by atoms with Crippen LogP contribution in [0, 0.1) is 5.82 Å². The van der Waals surface area contributed by atoms with Crippen LogP contribution in [-0.4, -0.2) is 46.2 Å². The highest BCUT2D eigenvalue weighted by atomic mass is 19.1. The molecule has 0 radical (unpaired) electrons. The van der Waals surface area contributed by atoms with Crippen LogP contribution >= 0.6 is 0 Å². The summed E-state index contributed by atoms with van der Waals surface area (Å²) in [6, 6.07) is 8.14. The SMILES string of the molecule is COC1CN(c2cc(Nc3cnccn3)nc(NC(C)c3ccc(F)cc3)n2)C1. The molecule has 150 valence electrons. The molecule has 0 saturated carbocycles. The molecule has 0 amide bonds. The second-order valence-corrected chi connectivity index (χ2v) is 6.83. The standard InChI is InChI=1S/C20H22FN7O/c1-13(14-3-5-15(21)6-4-14)24-20-26-17(25-18-10-22-7-8-23-18)9-19(27-20)28-11-16(12-28)29-2/h3-10,13,16H,11-12H2,1-2H3,(H2,23,24,25,26,27). The summed E-state index contributed by atoms with van der Waals surface area (Å²) in [6.45, 7) is 3.51. The molecule has 29 heavy (non-hydrogen) atoms. The van der Waals surface area contributed by atoms with Crippen LogP contribution < -0.4 is 15.5 Å². The third-order valence-electron chi connectivity index (χ3n) is 4.75. The maximum Gasteiger partial charge on any atom is 0.227 e. The molecule has 1 aliphatic heterocycles. The number of benzene rings is 1. The predicted molar refractivity (Wildman–Crippen MR) is 109 cm³/mol. The molecular formula is C20H22FN7O. The number of hydrogen-bond acceptors (Lipinski definition) is 8. The lowest BCUT2D eigenvalue weighted by Crippen LogP contribution is -2.52. The van der Waals surface area contributed by atoms with Crippen LogP contribution in [0.5, 0.6) is 0 Å². The van der Waals surface area contributed by atoms with E-state index < -0.39 is 0 Å². The van der Waals surface area contributed by atoms with E-state index in [1.165, 1.54) is 12.1 Å². The van der Waals surface area contributed by atoms with Crippen molar-refractivity contribution in [2.45, 2.75) is 19.1 Å². The van der Waals surface area contributed by atoms with Crippen LogP contribution in [0.1, 0.15) is 18.5 Å². The van der Waals surface area contributed by atoms with E-state index in [1.807, 2.05) is 13.0 Å². The van der Waals surface area contributed by atoms with Crippen molar-refractivity contribution in [3.63, 3.8) is 0 Å². The van der Waals surface area contributed by atoms with Gasteiger partial charge >= 0.3 is 0 Å². The number of aromatic nitrogens is 4. The molecule has 2 N–H and O–H groups in total. The Bertz CT molecular complexity index is 949. The quantitative estimate of drug-likeness (QED) is 0.631. The molecule has 0 bridgehead atoms. The minimum absolute atomic E-state index is 0.0988. The van der Waals surface area contributed by atoms with Gasteiger partial charge in [-0.15, -0.1) is 0 Å². The van der Waals surface area contributed by atoms with Gasteiger partial charge in [-0.2, -0.15) is 9.97 Å². The number of methoxy groups -OCH3 is 1. The topological polar surface area (TPSA) is 88.1 Å². The van der Waals surface area contributed by atoms with E-state index in [9.17, 15) is 4.39 Å². The van der Waals surface area contributed by atoms with Crippen molar-refractivity contribution in [2.24, 2.45) is 0 Å². The number of rotatable bonds is 7. The molecule has 3 heterocycles. The van der Waals surface area contributed by atoms with Crippen LogP contribution in [0.4, 0.5) is 27.8 Å². The van der Waals surface area contributed by atoms with Crippen molar-refractivity contribution in [1.82, 2.24) is 19.9 Å². The van der Waals surface area contributed by atoms with Gasteiger partial charge in [-0.25, -0.2) is 9.37 Å². The molecular weight excluding hydrogens is 373 g/mol. The smallest absolute Gasteiger partial charge is 0.227 e. The Kier molecular flexibility index (Phi) is 5.48. The summed E-state index contributed by atoms with van der Waals surface area (Å²) in [5, 5.41) is 6.46. The van der Waals surface area contributed by atoms with Gasteiger partial charge in [-0.1, -0.05) is 12.1 Å². The molecule has 1 unspecified atom stereocenters. The molecule has 1 fully saturated rings. The van der Waals surface area contributed by atoms with E-state index >= 15 is 0 Å². The first kappa shape index (κ1) is 19.0. The molecule has 1 atom stereocenters. The van der Waals surface area contributed by atoms with Crippen molar-refractivity contribution < 1.29 is 9.13 Å². The first-order valence-corrected chi connectivity index (χ1v) is 9.32. The lowest BCUT2D eigenvalue weighted by atomic mass is 10.1. The number of anilines is 4. The van der Waals surface area contributed by atoms with Crippen LogP contribution in [0.2, 0.25) is 0 Å². The van der Waals surface area contributed by atoms with Crippen LogP contribution in [0.25, 0.3) is 0 Å². The van der Waals surface area contributed by atoms with E-state index in [4.69, 9.17) is 4.74 Å². The Hall–Kier alpha value is -3.33. The molecule has 4 rings (SSSR count). The summed E-state index contributed by atoms with van der Waals surface area (Å²) in [5.74, 6) is 2.18. The number of nitrogens with one attached hydrogen (secondary N) is 2. The Morgan fingerprint density at radius 3 is 2.62 bits per heavy atom. The first-order chi connectivity index (χ1) is 14.1. The van der Waals surface area contributed by atoms with Gasteiger partial charge in [-0.3, -0.25) is 4.98 Å². The lowest BCUT2D eigenvalue weighted by molar-refractivity contribution is 0.0783. The van der Waals surface area contributed by atoms with E-state index in [0.29, 0.717) is 17.6 Å². The summed E-state index contributed by atoms with van der Waals surface area (Å²) in [7, 11) is 1.71. The predicted octanol–water partition coefficient (Wildman–Crippen LogP) is 3.16. The van der Waals surface area contributed by atoms with E-state index in [-0.39, 0.29) is 18.0 Å². The van der Waals surface area contributed by atoms with Gasteiger partial charge in [0.1, 0.15) is 23.3 Å². The van der Waals surface area contributed by atoms with Crippen molar-refractivity contribution >= 4 is 23.4 Å². The first-order valence-electron chi connectivity index (χ1n) is 9.32. The van der Waals surface area contributed by atoms with Gasteiger partial charge in [0.25, 0.3) is 0 Å². The van der Waals surface area contributed by atoms with Crippen molar-refractivity contribution in [3.05, 3.63) is 60.3 Å². The Labute approximate surface area is 168 Å². The highest BCUT2D eigenvalue weighted by Gasteiger charge is 2.28. The third-order valence-corrected chi connectivity index (χ3v) is 4.75. The number of hydrogen-bond donors (Lipinski definition) is 2. The molecule has 3 aromatic rings. The normalized spacial score (nSPS) is 14.9. The number of ether oxygens (including phenoxy) is 1. The van der Waals surface area contributed by atoms with Gasteiger partial charge in [0.15, 0.2) is 0 Å². The molecule has 1 aromatic carbocycles. The minimum Gasteiger partial charge on any atom is -0.378 e. The largest absolute Gasteiger partial charge is 0.378 e. The maximum atomic E-state index is 13.2. The van der Waals surface area contributed by atoms with Crippen LogP contribution in [0.15, 0.2) is 48.9 Å². The zero-order chi connectivity index (χ0) is 20.2. The lowest BCUT2D eigenvalue weighted by Gasteiger charge is -2.39. The summed E-state index contributed by atoms with van der Waals surface area (Å²) in [4.78, 5) is 19.6. The fourth-order valence-corrected chi connectivity index (χ4v) is 3.02. The Morgan fingerprint density at radius 2 is 1.93 bits per heavy atom. The van der Waals surface area contributed by atoms with Gasteiger partial charge in [0, 0.05) is 38.7 Å². The summed E-state index contributed by atoms with van der Waals surface area (Å²) in [5.41, 5.74) is 0.937. The fourth-order valence-electron chi connectivity index (χ4n) is 3.02. The van der Waals surface area contributed by atoms with E-state index in [1.54, 1.807) is 37.8 Å². The molecule has 9 heteroatoms. The summed E-state index contributed by atoms with van der Waals surface area (Å²) >= 11 is 0. The third kappa shape index (κ3) is 4.57. The summed E-state index contributed by atoms with van der Waals surface area (Å²) < 4.78 is 18.6. The molecule has 8 nitrogen and oxygen atoms in total. The molecule has 1 saturated heterocycles. The van der Waals surface area contributed by atoms with Crippen molar-refractivity contribution in [3.8, 4) is 0 Å². The average Bonchev–Trinajstić information content (AvgIpc) is 2.68. The highest BCUT2D eigenvalue weighted by molar-refractivity contribution is 5.60. The number of nitrogens with zero attached hydrogens (tertiary/aromatic N) is 5. The second kappa shape index (κ2) is 8.36. The second-order valence-electron chi connectivity index (χ2n) is 6.83. The highest BCUT2D eigenvalue weighted by Crippen LogP contribution is 2.26. The fraction of sp³-hybridized carbons (Fsp3) is 0.300. The van der Waals surface area contributed by atoms with Gasteiger partial charge in [-0.05, 0) is 24.6 Å². The van der Waals surface area contributed by atoms with Gasteiger partial charge in [0.2, 0.25) is 5.95 Å². The number of halogens is 1. The van der Waals surface area contributed by atoms with Gasteiger partial charge < -0.3 is 20.3 Å². The van der Waals surface area contributed by atoms with Gasteiger partial charge in [0.05, 0.1) is 18.3 Å². The maximum absolute atomic E-state index is 13.2. The molecule has 1 aliphatic rings. The zero-order valence-electron chi connectivity index (χ0n) is 16.2. The van der Waals surface area contributed by atoms with E-state index in [0.717, 1.165) is 24.5 Å². The van der Waals surface area contributed by atoms with Crippen molar-refractivity contribution in [1.29, 1.82) is 0 Å². The monoisotopic (exact) mass is 395 g/mol.